The highest BCUT2D eigenvalue weighted by Gasteiger charge is 2.14. The zero-order chi connectivity index (χ0) is 18.7. The third-order valence-corrected chi connectivity index (χ3v) is 3.79. The number of aryl methyl sites for hydroxylation is 2. The van der Waals surface area contributed by atoms with Crippen molar-refractivity contribution in [3.63, 3.8) is 0 Å². The van der Waals surface area contributed by atoms with E-state index < -0.39 is 17.5 Å². The maximum atomic E-state index is 13.5. The van der Waals surface area contributed by atoms with Crippen LogP contribution in [0.15, 0.2) is 52.9 Å². The topological polar surface area (TPSA) is 51.5 Å². The molecule has 3 aromatic rings. The largest absolute Gasteiger partial charge is 0.483 e. The number of anilines is 1. The average molecular weight is 357 g/mol. The van der Waals surface area contributed by atoms with E-state index in [9.17, 15) is 13.6 Å². The first-order valence-electron chi connectivity index (χ1n) is 7.97. The Kier molecular flexibility index (Phi) is 5.02. The highest BCUT2D eigenvalue weighted by molar-refractivity contribution is 6.02. The van der Waals surface area contributed by atoms with Crippen LogP contribution in [0.4, 0.5) is 14.5 Å². The summed E-state index contributed by atoms with van der Waals surface area (Å²) in [6.07, 6.45) is 0. The molecule has 1 heterocycles. The summed E-state index contributed by atoms with van der Waals surface area (Å²) in [6.45, 7) is 3.75. The molecule has 1 amide bonds. The number of carbonyl (C=O) groups is 1. The molecule has 0 radical (unpaired) electrons. The second-order valence-electron chi connectivity index (χ2n) is 5.90. The predicted molar refractivity (Wildman–Crippen MR) is 93.3 cm³/mol. The Hall–Kier alpha value is -3.15. The summed E-state index contributed by atoms with van der Waals surface area (Å²) in [5, 5.41) is 2.79. The lowest BCUT2D eigenvalue weighted by atomic mass is 10.1. The van der Waals surface area contributed by atoms with E-state index in [1.165, 1.54) is 12.1 Å². The Morgan fingerprint density at radius 1 is 1.08 bits per heavy atom. The summed E-state index contributed by atoms with van der Waals surface area (Å²) in [4.78, 5) is 12.3. The Balaban J connectivity index is 1.65. The van der Waals surface area contributed by atoms with E-state index in [0.29, 0.717) is 11.4 Å². The van der Waals surface area contributed by atoms with E-state index in [1.807, 2.05) is 32.0 Å². The first-order chi connectivity index (χ1) is 12.4. The molecule has 0 spiro atoms. The molecule has 1 aromatic heterocycles. The van der Waals surface area contributed by atoms with Crippen LogP contribution in [0.2, 0.25) is 0 Å². The van der Waals surface area contributed by atoms with Crippen molar-refractivity contribution >= 4 is 11.6 Å². The van der Waals surface area contributed by atoms with Crippen LogP contribution in [0, 0.1) is 25.5 Å². The number of halogens is 2. The molecule has 1 N–H and O–H groups in total. The van der Waals surface area contributed by atoms with Crippen LogP contribution in [0.25, 0.3) is 0 Å². The number of benzene rings is 2. The van der Waals surface area contributed by atoms with Crippen LogP contribution >= 0.6 is 0 Å². The lowest BCUT2D eigenvalue weighted by molar-refractivity contribution is 0.0992. The summed E-state index contributed by atoms with van der Waals surface area (Å²) in [7, 11) is 0. The highest BCUT2D eigenvalue weighted by Crippen LogP contribution is 2.21. The summed E-state index contributed by atoms with van der Waals surface area (Å²) in [5.74, 6) is -1.51. The molecule has 0 aliphatic heterocycles. The molecule has 0 aliphatic rings. The van der Waals surface area contributed by atoms with Gasteiger partial charge in [-0.15, -0.1) is 0 Å². The minimum absolute atomic E-state index is 0.0840. The first kappa shape index (κ1) is 17.7. The van der Waals surface area contributed by atoms with Crippen molar-refractivity contribution in [1.82, 2.24) is 0 Å². The predicted octanol–water partition coefficient (Wildman–Crippen LogP) is 5.01. The fourth-order valence-electron chi connectivity index (χ4n) is 2.37. The van der Waals surface area contributed by atoms with E-state index in [4.69, 9.17) is 9.15 Å². The van der Waals surface area contributed by atoms with E-state index in [0.717, 1.165) is 23.3 Å². The molecule has 0 unspecified atom stereocenters. The Morgan fingerprint density at radius 2 is 1.88 bits per heavy atom. The molecule has 26 heavy (non-hydrogen) atoms. The fourth-order valence-corrected chi connectivity index (χ4v) is 2.37. The second-order valence-corrected chi connectivity index (χ2v) is 5.90. The minimum atomic E-state index is -0.801. The monoisotopic (exact) mass is 357 g/mol. The van der Waals surface area contributed by atoms with E-state index >= 15 is 0 Å². The number of carbonyl (C=O) groups excluding carboxylic acids is 1. The van der Waals surface area contributed by atoms with Crippen molar-refractivity contribution in [3.05, 3.63) is 82.8 Å². The molecule has 2 aromatic carbocycles. The number of hydrogen-bond donors (Lipinski definition) is 1. The number of furan rings is 1. The molecule has 0 aliphatic carbocycles. The van der Waals surface area contributed by atoms with Gasteiger partial charge in [0.15, 0.2) is 17.3 Å². The lowest BCUT2D eigenvalue weighted by Crippen LogP contribution is -2.12. The number of ether oxygens (including phenoxy) is 1. The summed E-state index contributed by atoms with van der Waals surface area (Å²) < 4.78 is 37.1. The Labute approximate surface area is 149 Å². The number of nitrogens with one attached hydrogen (secondary N) is 1. The summed E-state index contributed by atoms with van der Waals surface area (Å²) in [5.41, 5.74) is 2.67. The highest BCUT2D eigenvalue weighted by atomic mass is 19.1. The standard InChI is InChI=1S/C20H17F2NO3/c1-12-3-4-13(2)17(9-12)23-20(24)19-8-6-15(26-19)11-25-18-7-5-14(21)10-16(18)22/h3-10H,11H2,1-2H3,(H,23,24). The Bertz CT molecular complexity index is 950. The molecule has 0 bridgehead atoms. The second kappa shape index (κ2) is 7.39. The van der Waals surface area contributed by atoms with Gasteiger partial charge in [-0.1, -0.05) is 12.1 Å². The molecule has 6 heteroatoms. The minimum Gasteiger partial charge on any atom is -0.483 e. The molecule has 0 saturated carbocycles. The third-order valence-electron chi connectivity index (χ3n) is 3.79. The van der Waals surface area contributed by atoms with Gasteiger partial charge in [0.2, 0.25) is 0 Å². The van der Waals surface area contributed by atoms with E-state index in [2.05, 4.69) is 5.32 Å². The normalized spacial score (nSPS) is 10.6. The van der Waals surface area contributed by atoms with Crippen LogP contribution in [0.3, 0.4) is 0 Å². The van der Waals surface area contributed by atoms with Gasteiger partial charge in [-0.2, -0.15) is 0 Å². The van der Waals surface area contributed by atoms with Crippen LogP contribution in [0.5, 0.6) is 5.75 Å². The SMILES string of the molecule is Cc1ccc(C)c(NC(=O)c2ccc(COc3ccc(F)cc3F)o2)c1. The third kappa shape index (κ3) is 4.08. The lowest BCUT2D eigenvalue weighted by Gasteiger charge is -2.08. The average Bonchev–Trinajstić information content (AvgIpc) is 3.06. The van der Waals surface area contributed by atoms with E-state index in [1.54, 1.807) is 6.07 Å². The van der Waals surface area contributed by atoms with Crippen LogP contribution in [-0.4, -0.2) is 5.91 Å². The molecule has 0 fully saturated rings. The quantitative estimate of drug-likeness (QED) is 0.699. The number of rotatable bonds is 5. The maximum absolute atomic E-state index is 13.5. The van der Waals surface area contributed by atoms with Gasteiger partial charge in [0.05, 0.1) is 0 Å². The molecular formula is C20H17F2NO3. The van der Waals surface area contributed by atoms with Crippen LogP contribution in [0.1, 0.15) is 27.4 Å². The zero-order valence-electron chi connectivity index (χ0n) is 14.3. The van der Waals surface area contributed by atoms with Gasteiger partial charge < -0.3 is 14.5 Å². The van der Waals surface area contributed by atoms with Crippen molar-refractivity contribution in [2.24, 2.45) is 0 Å². The van der Waals surface area contributed by atoms with Gasteiger partial charge in [-0.3, -0.25) is 4.79 Å². The molecule has 3 rings (SSSR count). The van der Waals surface area contributed by atoms with Gasteiger partial charge >= 0.3 is 0 Å². The van der Waals surface area contributed by atoms with Crippen LogP contribution < -0.4 is 10.1 Å². The van der Waals surface area contributed by atoms with Gasteiger partial charge in [0, 0.05) is 11.8 Å². The molecule has 134 valence electrons. The number of hydrogen-bond acceptors (Lipinski definition) is 3. The van der Waals surface area contributed by atoms with Gasteiger partial charge in [0.1, 0.15) is 18.2 Å². The van der Waals surface area contributed by atoms with Gasteiger partial charge in [0.25, 0.3) is 5.91 Å². The van der Waals surface area contributed by atoms with E-state index in [-0.39, 0.29) is 18.1 Å². The molecular weight excluding hydrogens is 340 g/mol. The first-order valence-corrected chi connectivity index (χ1v) is 7.97. The molecule has 4 nitrogen and oxygen atoms in total. The van der Waals surface area contributed by atoms with Crippen LogP contribution in [-0.2, 0) is 6.61 Å². The fraction of sp³-hybridized carbons (Fsp3) is 0.150. The van der Waals surface area contributed by atoms with Crippen molar-refractivity contribution in [2.75, 3.05) is 5.32 Å². The zero-order valence-corrected chi connectivity index (χ0v) is 14.3. The van der Waals surface area contributed by atoms with Gasteiger partial charge in [-0.25, -0.2) is 8.78 Å². The van der Waals surface area contributed by atoms with Crippen molar-refractivity contribution in [2.45, 2.75) is 20.5 Å². The number of amides is 1. The smallest absolute Gasteiger partial charge is 0.291 e. The summed E-state index contributed by atoms with van der Waals surface area (Å²) >= 11 is 0. The van der Waals surface area contributed by atoms with Crippen molar-refractivity contribution < 1.29 is 22.7 Å². The summed E-state index contributed by atoms with van der Waals surface area (Å²) in [6, 6.07) is 11.9. The van der Waals surface area contributed by atoms with Crippen molar-refractivity contribution in [1.29, 1.82) is 0 Å². The Morgan fingerprint density at radius 3 is 2.65 bits per heavy atom. The maximum Gasteiger partial charge on any atom is 0.291 e. The van der Waals surface area contributed by atoms with Gasteiger partial charge in [-0.05, 0) is 55.3 Å². The molecule has 0 atom stereocenters. The van der Waals surface area contributed by atoms with Crippen molar-refractivity contribution in [3.8, 4) is 5.75 Å². The molecule has 0 saturated heterocycles.